The number of rotatable bonds is 7. The third kappa shape index (κ3) is 4.75. The van der Waals surface area contributed by atoms with E-state index in [2.05, 4.69) is 133 Å². The van der Waals surface area contributed by atoms with Gasteiger partial charge in [-0.15, -0.1) is 18.3 Å². The maximum absolute atomic E-state index is 5.85. The zero-order valence-corrected chi connectivity index (χ0v) is 22.3. The molecule has 0 radical (unpaired) electrons. The molecule has 0 amide bonds. The topological polar surface area (TPSA) is 69.6 Å². The molecule has 0 aliphatic heterocycles. The quantitative estimate of drug-likeness (QED) is 0.180. The van der Waals surface area contributed by atoms with Gasteiger partial charge < -0.3 is 5.73 Å². The molecule has 0 saturated heterocycles. The van der Waals surface area contributed by atoms with Gasteiger partial charge in [0.2, 0.25) is 0 Å². The van der Waals surface area contributed by atoms with E-state index in [9.17, 15) is 0 Å². The smallest absolute Gasteiger partial charge is 0.184 e. The average Bonchev–Trinajstić information content (AvgIpc) is 3.54. The van der Waals surface area contributed by atoms with Gasteiger partial charge in [0.05, 0.1) is 0 Å². The summed E-state index contributed by atoms with van der Waals surface area (Å²) in [6, 6.07) is 47.9. The number of hydrogen-bond donors (Lipinski definition) is 1. The first-order valence-electron chi connectivity index (χ1n) is 13.2. The number of nitrogens with two attached hydrogens (primary N) is 1. The molecule has 5 aromatic carbocycles. The Morgan fingerprint density at radius 3 is 1.50 bits per heavy atom. The lowest BCUT2D eigenvalue weighted by Gasteiger charge is -2.36. The monoisotopic (exact) mass is 521 g/mol. The van der Waals surface area contributed by atoms with Crippen molar-refractivity contribution >= 4 is 0 Å². The number of benzene rings is 5. The molecular weight excluding hydrogens is 490 g/mol. The first-order chi connectivity index (χ1) is 19.8. The molecule has 40 heavy (non-hydrogen) atoms. The van der Waals surface area contributed by atoms with Crippen LogP contribution < -0.4 is 5.73 Å². The van der Waals surface area contributed by atoms with Crippen LogP contribution in [0.4, 0.5) is 0 Å². The summed E-state index contributed by atoms with van der Waals surface area (Å²) in [6.07, 6.45) is 0. The predicted octanol–water partition coefficient (Wildman–Crippen LogP) is 7.11. The zero-order chi connectivity index (χ0) is 27.8. The summed E-state index contributed by atoms with van der Waals surface area (Å²) in [5.41, 5.74) is 12.4. The summed E-state index contributed by atoms with van der Waals surface area (Å²) in [5, 5.41) is 13.6. The summed E-state index contributed by atoms with van der Waals surface area (Å²) < 4.78 is 1.97. The first-order valence-corrected chi connectivity index (χ1v) is 13.2. The molecule has 0 atom stereocenters. The minimum Gasteiger partial charge on any atom is -0.326 e. The Labute approximate surface area is 235 Å². The highest BCUT2D eigenvalue weighted by atomic mass is 15.6. The Hall–Kier alpha value is -5.13. The second-order valence-corrected chi connectivity index (χ2v) is 9.17. The number of tetrazole rings is 1. The lowest BCUT2D eigenvalue weighted by Crippen LogP contribution is -2.39. The van der Waals surface area contributed by atoms with Crippen molar-refractivity contribution in [1.82, 2.24) is 20.2 Å². The third-order valence-electron chi connectivity index (χ3n) is 7.03. The lowest BCUT2D eigenvalue weighted by atomic mass is 9.77. The fourth-order valence-corrected chi connectivity index (χ4v) is 5.24. The summed E-state index contributed by atoms with van der Waals surface area (Å²) in [5.74, 6) is 0.681. The van der Waals surface area contributed by atoms with Crippen molar-refractivity contribution in [3.8, 4) is 22.5 Å². The van der Waals surface area contributed by atoms with Crippen LogP contribution in [0.5, 0.6) is 0 Å². The van der Waals surface area contributed by atoms with Crippen molar-refractivity contribution in [2.75, 3.05) is 0 Å². The van der Waals surface area contributed by atoms with Gasteiger partial charge in [-0.3, -0.25) is 0 Å². The van der Waals surface area contributed by atoms with Crippen LogP contribution in [0.15, 0.2) is 153 Å². The van der Waals surface area contributed by atoms with Crippen molar-refractivity contribution in [3.05, 3.63) is 175 Å². The van der Waals surface area contributed by atoms with E-state index in [1.54, 1.807) is 0 Å². The van der Waals surface area contributed by atoms with Crippen molar-refractivity contribution in [2.24, 2.45) is 5.73 Å². The SMILES string of the molecule is C=C.NCc1ccc(-c2ccccc2-c2nnnn2C(c2ccccc2)(c2ccccc2)c2ccccc2)cc1. The van der Waals surface area contributed by atoms with E-state index in [4.69, 9.17) is 10.9 Å². The van der Waals surface area contributed by atoms with Crippen molar-refractivity contribution < 1.29 is 0 Å². The third-order valence-corrected chi connectivity index (χ3v) is 7.03. The molecule has 1 heterocycles. The van der Waals surface area contributed by atoms with Gasteiger partial charge in [-0.05, 0) is 43.8 Å². The molecule has 0 spiro atoms. The molecule has 0 bridgehead atoms. The van der Waals surface area contributed by atoms with Crippen LogP contribution >= 0.6 is 0 Å². The van der Waals surface area contributed by atoms with Gasteiger partial charge in [-0.1, -0.05) is 140 Å². The summed E-state index contributed by atoms with van der Waals surface area (Å²) >= 11 is 0. The molecule has 196 valence electrons. The van der Waals surface area contributed by atoms with Crippen LogP contribution in [0, 0.1) is 0 Å². The molecule has 6 aromatic rings. The fraction of sp³-hybridized carbons (Fsp3) is 0.0571. The maximum Gasteiger partial charge on any atom is 0.184 e. The van der Waals surface area contributed by atoms with E-state index in [0.29, 0.717) is 12.4 Å². The minimum atomic E-state index is -0.806. The Kier molecular flexibility index (Phi) is 8.05. The van der Waals surface area contributed by atoms with Gasteiger partial charge in [0.25, 0.3) is 0 Å². The number of aromatic nitrogens is 4. The van der Waals surface area contributed by atoms with E-state index in [1.165, 1.54) is 0 Å². The van der Waals surface area contributed by atoms with E-state index >= 15 is 0 Å². The Morgan fingerprint density at radius 2 is 1.02 bits per heavy atom. The zero-order valence-electron chi connectivity index (χ0n) is 22.3. The summed E-state index contributed by atoms with van der Waals surface area (Å²) in [6.45, 7) is 6.51. The van der Waals surface area contributed by atoms with E-state index in [1.807, 2.05) is 35.0 Å². The van der Waals surface area contributed by atoms with Gasteiger partial charge in [0.15, 0.2) is 5.82 Å². The standard InChI is InChI=1S/C33H27N5.C2H4/c34-24-25-20-22-26(23-21-25)30-18-10-11-19-31(30)32-35-36-37-38(32)33(27-12-4-1-5-13-27,28-14-6-2-7-15-28)29-16-8-3-9-17-29;1-2/h1-23H,24,34H2;1-2H2. The fourth-order valence-electron chi connectivity index (χ4n) is 5.24. The normalized spacial score (nSPS) is 10.9. The van der Waals surface area contributed by atoms with Crippen molar-refractivity contribution in [2.45, 2.75) is 12.1 Å². The van der Waals surface area contributed by atoms with Gasteiger partial charge in [0.1, 0.15) is 5.54 Å². The maximum atomic E-state index is 5.85. The largest absolute Gasteiger partial charge is 0.326 e. The van der Waals surface area contributed by atoms with Gasteiger partial charge in [-0.2, -0.15) is 0 Å². The molecule has 0 aliphatic carbocycles. The molecule has 6 rings (SSSR count). The molecule has 0 unspecified atom stereocenters. The summed E-state index contributed by atoms with van der Waals surface area (Å²) in [4.78, 5) is 0. The molecule has 1 aromatic heterocycles. The Morgan fingerprint density at radius 1 is 0.575 bits per heavy atom. The second kappa shape index (κ2) is 12.2. The van der Waals surface area contributed by atoms with Crippen LogP contribution in [0.3, 0.4) is 0 Å². The van der Waals surface area contributed by atoms with Crippen LogP contribution in [-0.2, 0) is 12.1 Å². The van der Waals surface area contributed by atoms with E-state index in [-0.39, 0.29) is 0 Å². The highest BCUT2D eigenvalue weighted by Crippen LogP contribution is 2.43. The van der Waals surface area contributed by atoms with Crippen LogP contribution in [0.2, 0.25) is 0 Å². The summed E-state index contributed by atoms with van der Waals surface area (Å²) in [7, 11) is 0. The molecule has 5 heteroatoms. The first kappa shape index (κ1) is 26.5. The molecule has 0 aliphatic rings. The number of nitrogens with zero attached hydrogens (tertiary/aromatic N) is 4. The van der Waals surface area contributed by atoms with E-state index < -0.39 is 5.54 Å². The van der Waals surface area contributed by atoms with Crippen LogP contribution in [-0.4, -0.2) is 20.2 Å². The molecule has 5 nitrogen and oxygen atoms in total. The van der Waals surface area contributed by atoms with Gasteiger partial charge >= 0.3 is 0 Å². The molecule has 0 fully saturated rings. The predicted molar refractivity (Wildman–Crippen MR) is 162 cm³/mol. The minimum absolute atomic E-state index is 0.508. The Balaban J connectivity index is 0.00000158. The molecule has 0 saturated carbocycles. The lowest BCUT2D eigenvalue weighted by molar-refractivity contribution is 0.451. The van der Waals surface area contributed by atoms with Crippen molar-refractivity contribution in [1.29, 1.82) is 0 Å². The molecular formula is C35H31N5. The van der Waals surface area contributed by atoms with Crippen LogP contribution in [0.25, 0.3) is 22.5 Å². The van der Waals surface area contributed by atoms with Gasteiger partial charge in [0, 0.05) is 12.1 Å². The van der Waals surface area contributed by atoms with Crippen molar-refractivity contribution in [3.63, 3.8) is 0 Å². The van der Waals surface area contributed by atoms with Crippen LogP contribution in [0.1, 0.15) is 22.3 Å². The number of hydrogen-bond acceptors (Lipinski definition) is 4. The Bertz CT molecular complexity index is 1550. The van der Waals surface area contributed by atoms with E-state index in [0.717, 1.165) is 38.9 Å². The molecule has 2 N–H and O–H groups in total. The highest BCUT2D eigenvalue weighted by molar-refractivity contribution is 5.81. The second-order valence-electron chi connectivity index (χ2n) is 9.17. The average molecular weight is 522 g/mol. The highest BCUT2D eigenvalue weighted by Gasteiger charge is 2.42. The van der Waals surface area contributed by atoms with Gasteiger partial charge in [-0.25, -0.2) is 4.68 Å².